The standard InChI is InChI=1S/C13H21N3O3S/c1-4-9-14-10-13(17)15-11-5-7-12(8-6-11)20(18,19)16(2)3/h5-8,14H,4,9-10H2,1-3H3,(H,15,17). The monoisotopic (exact) mass is 299 g/mol. The van der Waals surface area contributed by atoms with Crippen molar-refractivity contribution in [3.05, 3.63) is 24.3 Å². The first-order chi connectivity index (χ1) is 9.37. The van der Waals surface area contributed by atoms with E-state index in [0.29, 0.717) is 5.69 Å². The normalized spacial score (nSPS) is 11.6. The third-order valence-electron chi connectivity index (χ3n) is 2.63. The maximum atomic E-state index is 11.9. The summed E-state index contributed by atoms with van der Waals surface area (Å²) in [6.07, 6.45) is 0.963. The Labute approximate surface area is 120 Å². The highest BCUT2D eigenvalue weighted by molar-refractivity contribution is 7.89. The summed E-state index contributed by atoms with van der Waals surface area (Å²) in [6.45, 7) is 3.05. The molecule has 2 N–H and O–H groups in total. The average molecular weight is 299 g/mol. The predicted molar refractivity (Wildman–Crippen MR) is 79.1 cm³/mol. The Morgan fingerprint density at radius 2 is 1.80 bits per heavy atom. The van der Waals surface area contributed by atoms with Crippen LogP contribution in [0, 0.1) is 0 Å². The van der Waals surface area contributed by atoms with Crippen LogP contribution in [0.2, 0.25) is 0 Å². The van der Waals surface area contributed by atoms with Crippen molar-refractivity contribution in [3.8, 4) is 0 Å². The van der Waals surface area contributed by atoms with E-state index in [-0.39, 0.29) is 17.3 Å². The smallest absolute Gasteiger partial charge is 0.242 e. The van der Waals surface area contributed by atoms with E-state index in [1.165, 1.54) is 26.2 Å². The van der Waals surface area contributed by atoms with Crippen LogP contribution in [0.15, 0.2) is 29.2 Å². The van der Waals surface area contributed by atoms with Gasteiger partial charge in [-0.3, -0.25) is 4.79 Å². The van der Waals surface area contributed by atoms with Crippen LogP contribution in [0.25, 0.3) is 0 Å². The lowest BCUT2D eigenvalue weighted by Crippen LogP contribution is -2.28. The number of rotatable bonds is 7. The third-order valence-corrected chi connectivity index (χ3v) is 4.46. The first-order valence-electron chi connectivity index (χ1n) is 6.41. The molecule has 0 bridgehead atoms. The van der Waals surface area contributed by atoms with Crippen LogP contribution < -0.4 is 10.6 Å². The number of carbonyl (C=O) groups excluding carboxylic acids is 1. The minimum Gasteiger partial charge on any atom is -0.325 e. The Morgan fingerprint density at radius 1 is 1.20 bits per heavy atom. The van der Waals surface area contributed by atoms with E-state index in [0.717, 1.165) is 17.3 Å². The quantitative estimate of drug-likeness (QED) is 0.733. The highest BCUT2D eigenvalue weighted by atomic mass is 32.2. The predicted octanol–water partition coefficient (Wildman–Crippen LogP) is 0.875. The summed E-state index contributed by atoms with van der Waals surface area (Å²) in [5, 5.41) is 5.69. The maximum Gasteiger partial charge on any atom is 0.242 e. The molecule has 0 heterocycles. The molecular weight excluding hydrogens is 278 g/mol. The highest BCUT2D eigenvalue weighted by Crippen LogP contribution is 2.16. The molecule has 0 saturated carbocycles. The molecule has 6 nitrogen and oxygen atoms in total. The number of hydrogen-bond acceptors (Lipinski definition) is 4. The summed E-state index contributed by atoms with van der Waals surface area (Å²) in [7, 11) is -0.478. The fourth-order valence-electron chi connectivity index (χ4n) is 1.50. The van der Waals surface area contributed by atoms with Crippen molar-refractivity contribution in [2.75, 3.05) is 32.5 Å². The summed E-state index contributed by atoms with van der Waals surface area (Å²) >= 11 is 0. The van der Waals surface area contributed by atoms with Gasteiger partial charge in [-0.25, -0.2) is 12.7 Å². The lowest BCUT2D eigenvalue weighted by molar-refractivity contribution is -0.115. The topological polar surface area (TPSA) is 78.5 Å². The first-order valence-corrected chi connectivity index (χ1v) is 7.85. The van der Waals surface area contributed by atoms with Gasteiger partial charge < -0.3 is 10.6 Å². The second kappa shape index (κ2) is 7.37. The van der Waals surface area contributed by atoms with Gasteiger partial charge in [0.05, 0.1) is 11.4 Å². The number of sulfonamides is 1. The van der Waals surface area contributed by atoms with E-state index in [9.17, 15) is 13.2 Å². The van der Waals surface area contributed by atoms with Crippen LogP contribution in [0.3, 0.4) is 0 Å². The van der Waals surface area contributed by atoms with E-state index in [2.05, 4.69) is 10.6 Å². The zero-order chi connectivity index (χ0) is 15.2. The van der Waals surface area contributed by atoms with Gasteiger partial charge in [-0.05, 0) is 37.2 Å². The van der Waals surface area contributed by atoms with Crippen LogP contribution in [0.5, 0.6) is 0 Å². The van der Waals surface area contributed by atoms with Crippen molar-refractivity contribution >= 4 is 21.6 Å². The molecule has 0 aliphatic rings. The van der Waals surface area contributed by atoms with Gasteiger partial charge in [0.25, 0.3) is 0 Å². The maximum absolute atomic E-state index is 11.9. The molecule has 1 aromatic carbocycles. The SMILES string of the molecule is CCCNCC(=O)Nc1ccc(S(=O)(=O)N(C)C)cc1. The molecule has 112 valence electrons. The molecule has 0 aliphatic carbocycles. The molecule has 0 aliphatic heterocycles. The van der Waals surface area contributed by atoms with E-state index in [4.69, 9.17) is 0 Å². The number of nitrogens with zero attached hydrogens (tertiary/aromatic N) is 1. The van der Waals surface area contributed by atoms with E-state index < -0.39 is 10.0 Å². The van der Waals surface area contributed by atoms with Gasteiger partial charge in [0.2, 0.25) is 15.9 Å². The van der Waals surface area contributed by atoms with E-state index in [1.54, 1.807) is 12.1 Å². The number of carbonyl (C=O) groups is 1. The number of amides is 1. The van der Waals surface area contributed by atoms with Crippen molar-refractivity contribution in [1.29, 1.82) is 0 Å². The minimum atomic E-state index is -3.43. The molecule has 0 saturated heterocycles. The Hall–Kier alpha value is -1.44. The highest BCUT2D eigenvalue weighted by Gasteiger charge is 2.16. The Balaban J connectivity index is 2.66. The molecule has 0 spiro atoms. The molecule has 1 amide bonds. The van der Waals surface area contributed by atoms with Crippen molar-refractivity contribution in [1.82, 2.24) is 9.62 Å². The summed E-state index contributed by atoms with van der Waals surface area (Å²) in [6, 6.07) is 6.11. The first kappa shape index (κ1) is 16.6. The molecule has 0 unspecified atom stereocenters. The molecule has 1 rings (SSSR count). The Kier molecular flexibility index (Phi) is 6.12. The van der Waals surface area contributed by atoms with Gasteiger partial charge in [-0.2, -0.15) is 0 Å². The van der Waals surface area contributed by atoms with Crippen LogP contribution >= 0.6 is 0 Å². The van der Waals surface area contributed by atoms with Crippen LogP contribution in [0.1, 0.15) is 13.3 Å². The van der Waals surface area contributed by atoms with Crippen molar-refractivity contribution in [3.63, 3.8) is 0 Å². The molecule has 0 radical (unpaired) electrons. The van der Waals surface area contributed by atoms with Gasteiger partial charge in [0.1, 0.15) is 0 Å². The number of hydrogen-bond donors (Lipinski definition) is 2. The summed E-state index contributed by atoms with van der Waals surface area (Å²) in [5.41, 5.74) is 0.575. The van der Waals surface area contributed by atoms with Crippen LogP contribution in [-0.4, -0.2) is 45.8 Å². The second-order valence-electron chi connectivity index (χ2n) is 4.54. The summed E-state index contributed by atoms with van der Waals surface area (Å²) in [5.74, 6) is -0.151. The fraction of sp³-hybridized carbons (Fsp3) is 0.462. The molecular formula is C13H21N3O3S. The molecule has 0 fully saturated rings. The lowest BCUT2D eigenvalue weighted by Gasteiger charge is -2.12. The third kappa shape index (κ3) is 4.59. The number of nitrogens with one attached hydrogen (secondary N) is 2. The average Bonchev–Trinajstić information content (AvgIpc) is 2.39. The Bertz CT molecular complexity index is 538. The Morgan fingerprint density at radius 3 is 2.30 bits per heavy atom. The van der Waals surface area contributed by atoms with Gasteiger partial charge in [0.15, 0.2) is 0 Å². The largest absolute Gasteiger partial charge is 0.325 e. The lowest BCUT2D eigenvalue weighted by atomic mass is 10.3. The minimum absolute atomic E-state index is 0.151. The molecule has 0 aromatic heterocycles. The molecule has 1 aromatic rings. The summed E-state index contributed by atoms with van der Waals surface area (Å²) < 4.78 is 24.9. The van der Waals surface area contributed by atoms with Crippen molar-refractivity contribution < 1.29 is 13.2 Å². The van der Waals surface area contributed by atoms with Gasteiger partial charge in [0, 0.05) is 19.8 Å². The zero-order valence-electron chi connectivity index (χ0n) is 12.0. The van der Waals surface area contributed by atoms with E-state index in [1.807, 2.05) is 6.92 Å². The number of anilines is 1. The van der Waals surface area contributed by atoms with Gasteiger partial charge >= 0.3 is 0 Å². The second-order valence-corrected chi connectivity index (χ2v) is 6.69. The molecule has 7 heteroatoms. The van der Waals surface area contributed by atoms with E-state index >= 15 is 0 Å². The summed E-state index contributed by atoms with van der Waals surface area (Å²) in [4.78, 5) is 11.8. The van der Waals surface area contributed by atoms with Gasteiger partial charge in [-0.15, -0.1) is 0 Å². The van der Waals surface area contributed by atoms with Crippen molar-refractivity contribution in [2.24, 2.45) is 0 Å². The number of benzene rings is 1. The zero-order valence-corrected chi connectivity index (χ0v) is 12.8. The molecule has 20 heavy (non-hydrogen) atoms. The van der Waals surface area contributed by atoms with Crippen LogP contribution in [0.4, 0.5) is 5.69 Å². The molecule has 0 atom stereocenters. The van der Waals surface area contributed by atoms with Crippen LogP contribution in [-0.2, 0) is 14.8 Å². The van der Waals surface area contributed by atoms with Crippen molar-refractivity contribution in [2.45, 2.75) is 18.2 Å². The van der Waals surface area contributed by atoms with Gasteiger partial charge in [-0.1, -0.05) is 6.92 Å². The fourth-order valence-corrected chi connectivity index (χ4v) is 2.41.